The summed E-state index contributed by atoms with van der Waals surface area (Å²) in [6, 6.07) is 6.67. The molecule has 27 heavy (non-hydrogen) atoms. The maximum absolute atomic E-state index is 13.9. The molecule has 0 atom stereocenters. The number of ether oxygens (including phenoxy) is 1. The Kier molecular flexibility index (Phi) is 7.07. The molecule has 5 nitrogen and oxygen atoms in total. The lowest BCUT2D eigenvalue weighted by atomic mass is 9.86. The summed E-state index contributed by atoms with van der Waals surface area (Å²) in [6.45, 7) is 1.97. The molecule has 148 valence electrons. The fourth-order valence-corrected chi connectivity index (χ4v) is 4.01. The Morgan fingerprint density at radius 3 is 2.44 bits per heavy atom. The Bertz CT molecular complexity index is 638. The number of amides is 1. The summed E-state index contributed by atoms with van der Waals surface area (Å²) in [5, 5.41) is 0. The lowest BCUT2D eigenvalue weighted by molar-refractivity contribution is -0.152. The second kappa shape index (κ2) is 9.72. The number of para-hydroxylation sites is 1. The van der Waals surface area contributed by atoms with Crippen LogP contribution in [0.1, 0.15) is 44.9 Å². The molecule has 1 amide bonds. The van der Waals surface area contributed by atoms with E-state index in [1.54, 1.807) is 17.0 Å². The van der Waals surface area contributed by atoms with Crippen LogP contribution in [0, 0.1) is 11.7 Å². The average molecular weight is 376 g/mol. The van der Waals surface area contributed by atoms with Crippen LogP contribution in [0.25, 0.3) is 0 Å². The first-order valence-corrected chi connectivity index (χ1v) is 10.1. The minimum Gasteiger partial charge on any atom is -0.456 e. The van der Waals surface area contributed by atoms with E-state index >= 15 is 0 Å². The molecule has 2 aliphatic rings. The predicted molar refractivity (Wildman–Crippen MR) is 102 cm³/mol. The highest BCUT2D eigenvalue weighted by atomic mass is 19.1. The Balaban J connectivity index is 1.35. The Morgan fingerprint density at radius 2 is 1.74 bits per heavy atom. The summed E-state index contributed by atoms with van der Waals surface area (Å²) in [7, 11) is 0. The van der Waals surface area contributed by atoms with E-state index in [0.717, 1.165) is 6.42 Å². The predicted octanol–water partition coefficient (Wildman–Crippen LogP) is 3.38. The molecule has 0 bridgehead atoms. The molecule has 1 aliphatic carbocycles. The van der Waals surface area contributed by atoms with Gasteiger partial charge < -0.3 is 14.5 Å². The van der Waals surface area contributed by atoms with Gasteiger partial charge in [0.1, 0.15) is 5.82 Å². The fraction of sp³-hybridized carbons (Fsp3) is 0.619. The molecule has 1 aromatic carbocycles. The SMILES string of the molecule is O=C(CCC1CCCCC1)OCC(=O)N1CCN(c2ccccc2F)CC1. The molecule has 1 saturated heterocycles. The largest absolute Gasteiger partial charge is 0.456 e. The molecule has 2 fully saturated rings. The summed E-state index contributed by atoms with van der Waals surface area (Å²) < 4.78 is 19.0. The molecule has 0 unspecified atom stereocenters. The molecule has 1 aliphatic heterocycles. The molecule has 6 heteroatoms. The third-order valence-electron chi connectivity index (χ3n) is 5.66. The summed E-state index contributed by atoms with van der Waals surface area (Å²) in [6.07, 6.45) is 7.51. The van der Waals surface area contributed by atoms with Crippen molar-refractivity contribution in [3.8, 4) is 0 Å². The van der Waals surface area contributed by atoms with E-state index in [4.69, 9.17) is 4.74 Å². The van der Waals surface area contributed by atoms with Gasteiger partial charge in [-0.2, -0.15) is 0 Å². The molecule has 1 aromatic rings. The molecule has 0 aromatic heterocycles. The second-order valence-electron chi connectivity index (χ2n) is 7.52. The van der Waals surface area contributed by atoms with Gasteiger partial charge in [-0.15, -0.1) is 0 Å². The zero-order valence-corrected chi connectivity index (χ0v) is 15.9. The minimum atomic E-state index is -0.279. The molecule has 0 spiro atoms. The third kappa shape index (κ3) is 5.68. The number of piperazine rings is 1. The molecular formula is C21H29FN2O3. The van der Waals surface area contributed by atoms with Crippen molar-refractivity contribution < 1.29 is 18.7 Å². The van der Waals surface area contributed by atoms with Crippen molar-refractivity contribution in [2.45, 2.75) is 44.9 Å². The summed E-state index contributed by atoms with van der Waals surface area (Å²) >= 11 is 0. The van der Waals surface area contributed by atoms with Gasteiger partial charge in [0.25, 0.3) is 5.91 Å². The number of esters is 1. The zero-order chi connectivity index (χ0) is 19.1. The van der Waals surface area contributed by atoms with Gasteiger partial charge in [-0.1, -0.05) is 44.2 Å². The first kappa shape index (κ1) is 19.6. The number of benzene rings is 1. The fourth-order valence-electron chi connectivity index (χ4n) is 4.01. The van der Waals surface area contributed by atoms with Crippen molar-refractivity contribution >= 4 is 17.6 Å². The zero-order valence-electron chi connectivity index (χ0n) is 15.9. The molecular weight excluding hydrogens is 347 g/mol. The third-order valence-corrected chi connectivity index (χ3v) is 5.66. The topological polar surface area (TPSA) is 49.9 Å². The van der Waals surface area contributed by atoms with Crippen molar-refractivity contribution in [1.29, 1.82) is 0 Å². The highest BCUT2D eigenvalue weighted by Gasteiger charge is 2.23. The Labute approximate surface area is 160 Å². The van der Waals surface area contributed by atoms with E-state index in [-0.39, 0.29) is 24.3 Å². The molecule has 0 radical (unpaired) electrons. The van der Waals surface area contributed by atoms with Crippen molar-refractivity contribution in [2.75, 3.05) is 37.7 Å². The quantitative estimate of drug-likeness (QED) is 0.714. The number of carbonyl (C=O) groups is 2. The monoisotopic (exact) mass is 376 g/mol. The standard InChI is InChI=1S/C21H29FN2O3/c22-18-8-4-5-9-19(18)23-12-14-24(15-13-23)20(25)16-27-21(26)11-10-17-6-2-1-3-7-17/h4-5,8-9,17H,1-3,6-7,10-16H2. The average Bonchev–Trinajstić information content (AvgIpc) is 2.72. The van der Waals surface area contributed by atoms with E-state index < -0.39 is 0 Å². The normalized spacial score (nSPS) is 18.4. The van der Waals surface area contributed by atoms with Crippen LogP contribution < -0.4 is 4.90 Å². The van der Waals surface area contributed by atoms with Gasteiger partial charge in [0, 0.05) is 32.6 Å². The van der Waals surface area contributed by atoms with Crippen LogP contribution in [-0.2, 0) is 14.3 Å². The first-order chi connectivity index (χ1) is 13.1. The Morgan fingerprint density at radius 1 is 1.04 bits per heavy atom. The number of hydrogen-bond donors (Lipinski definition) is 0. The van der Waals surface area contributed by atoms with E-state index in [2.05, 4.69) is 0 Å². The van der Waals surface area contributed by atoms with Gasteiger partial charge in [0.05, 0.1) is 5.69 Å². The maximum Gasteiger partial charge on any atom is 0.306 e. The minimum absolute atomic E-state index is 0.172. The lowest BCUT2D eigenvalue weighted by Crippen LogP contribution is -2.50. The van der Waals surface area contributed by atoms with Crippen LogP contribution in [0.4, 0.5) is 10.1 Å². The highest BCUT2D eigenvalue weighted by molar-refractivity contribution is 5.80. The van der Waals surface area contributed by atoms with Gasteiger partial charge in [0.15, 0.2) is 6.61 Å². The van der Waals surface area contributed by atoms with Crippen LogP contribution in [-0.4, -0.2) is 49.6 Å². The molecule has 0 N–H and O–H groups in total. The maximum atomic E-state index is 13.9. The number of rotatable bonds is 6. The number of anilines is 1. The van der Waals surface area contributed by atoms with Gasteiger partial charge >= 0.3 is 5.97 Å². The van der Waals surface area contributed by atoms with Crippen molar-refractivity contribution in [3.05, 3.63) is 30.1 Å². The van der Waals surface area contributed by atoms with Crippen LogP contribution in [0.15, 0.2) is 24.3 Å². The lowest BCUT2D eigenvalue weighted by Gasteiger charge is -2.36. The second-order valence-corrected chi connectivity index (χ2v) is 7.52. The van der Waals surface area contributed by atoms with Crippen molar-refractivity contribution in [2.24, 2.45) is 5.92 Å². The van der Waals surface area contributed by atoms with Crippen molar-refractivity contribution in [3.63, 3.8) is 0 Å². The molecule has 3 rings (SSSR count). The first-order valence-electron chi connectivity index (χ1n) is 10.1. The summed E-state index contributed by atoms with van der Waals surface area (Å²) in [5.74, 6) is -0.0641. The highest BCUT2D eigenvalue weighted by Crippen LogP contribution is 2.27. The van der Waals surface area contributed by atoms with E-state index in [1.807, 2.05) is 11.0 Å². The van der Waals surface area contributed by atoms with Crippen LogP contribution in [0.2, 0.25) is 0 Å². The summed E-state index contributed by atoms with van der Waals surface area (Å²) in [4.78, 5) is 27.8. The van der Waals surface area contributed by atoms with Gasteiger partial charge in [0.2, 0.25) is 0 Å². The Hall–Kier alpha value is -2.11. The van der Waals surface area contributed by atoms with Gasteiger partial charge in [-0.05, 0) is 24.5 Å². The van der Waals surface area contributed by atoms with Crippen LogP contribution >= 0.6 is 0 Å². The van der Waals surface area contributed by atoms with E-state index in [1.165, 1.54) is 38.2 Å². The van der Waals surface area contributed by atoms with E-state index in [9.17, 15) is 14.0 Å². The smallest absolute Gasteiger partial charge is 0.306 e. The number of nitrogens with zero attached hydrogens (tertiary/aromatic N) is 2. The van der Waals surface area contributed by atoms with Crippen molar-refractivity contribution in [1.82, 2.24) is 4.90 Å². The number of carbonyl (C=O) groups excluding carboxylic acids is 2. The number of hydrogen-bond acceptors (Lipinski definition) is 4. The summed E-state index contributed by atoms with van der Waals surface area (Å²) in [5.41, 5.74) is 0.568. The van der Waals surface area contributed by atoms with Gasteiger partial charge in [-0.3, -0.25) is 9.59 Å². The van der Waals surface area contributed by atoms with Gasteiger partial charge in [-0.25, -0.2) is 4.39 Å². The van der Waals surface area contributed by atoms with Crippen LogP contribution in [0.3, 0.4) is 0 Å². The van der Waals surface area contributed by atoms with E-state index in [0.29, 0.717) is 44.2 Å². The molecule has 1 saturated carbocycles. The van der Waals surface area contributed by atoms with Crippen LogP contribution in [0.5, 0.6) is 0 Å². The molecule has 1 heterocycles. The number of halogens is 1.